The van der Waals surface area contributed by atoms with Gasteiger partial charge in [-0.05, 0) is 60.1 Å². The fourth-order valence-electron chi connectivity index (χ4n) is 2.49. The average Bonchev–Trinajstić information content (AvgIpc) is 2.59. The van der Waals surface area contributed by atoms with Crippen LogP contribution in [0.1, 0.15) is 47.1 Å². The highest BCUT2D eigenvalue weighted by atomic mass is 16.7. The Balaban J connectivity index is 2.27. The number of hydrogen-bond acceptors (Lipinski definition) is 4. The van der Waals surface area contributed by atoms with Crippen molar-refractivity contribution in [2.45, 2.75) is 59.7 Å². The highest BCUT2D eigenvalue weighted by molar-refractivity contribution is 6.62. The van der Waals surface area contributed by atoms with Crippen LogP contribution >= 0.6 is 0 Å². The van der Waals surface area contributed by atoms with Crippen molar-refractivity contribution < 1.29 is 9.31 Å². The summed E-state index contributed by atoms with van der Waals surface area (Å²) < 4.78 is 12.2. The molecule has 0 saturated carbocycles. The molecule has 0 spiro atoms. The molecule has 2 rings (SSSR count). The van der Waals surface area contributed by atoms with Gasteiger partial charge in [-0.3, -0.25) is 0 Å². The van der Waals surface area contributed by atoms with Gasteiger partial charge in [0.1, 0.15) is 5.82 Å². The van der Waals surface area contributed by atoms with Crippen LogP contribution in [0.3, 0.4) is 0 Å². The lowest BCUT2D eigenvalue weighted by Crippen LogP contribution is -2.41. The van der Waals surface area contributed by atoms with E-state index in [4.69, 9.17) is 9.31 Å². The van der Waals surface area contributed by atoms with Gasteiger partial charge in [0, 0.05) is 24.7 Å². The lowest BCUT2D eigenvalue weighted by atomic mass is 9.77. The highest BCUT2D eigenvalue weighted by Crippen LogP contribution is 2.36. The molecule has 116 valence electrons. The van der Waals surface area contributed by atoms with Gasteiger partial charge in [-0.1, -0.05) is 0 Å². The SMILES string of the molecule is CCN(CC)c1cc(C)c(B2OC(C)(C)C(C)(C)O2)cn1. The number of aromatic nitrogens is 1. The third kappa shape index (κ3) is 2.95. The second-order valence-electron chi connectivity index (χ2n) is 6.66. The van der Waals surface area contributed by atoms with Crippen LogP contribution in [0.15, 0.2) is 12.3 Å². The summed E-state index contributed by atoms with van der Waals surface area (Å²) in [6, 6.07) is 2.12. The first kappa shape index (κ1) is 16.3. The van der Waals surface area contributed by atoms with Crippen molar-refractivity contribution in [2.24, 2.45) is 0 Å². The van der Waals surface area contributed by atoms with Gasteiger partial charge in [-0.25, -0.2) is 4.98 Å². The van der Waals surface area contributed by atoms with Gasteiger partial charge in [0.05, 0.1) is 11.2 Å². The van der Waals surface area contributed by atoms with E-state index >= 15 is 0 Å². The van der Waals surface area contributed by atoms with Crippen LogP contribution in [0, 0.1) is 6.92 Å². The van der Waals surface area contributed by atoms with Crippen molar-refractivity contribution in [3.05, 3.63) is 17.8 Å². The van der Waals surface area contributed by atoms with Crippen LogP contribution in [0.4, 0.5) is 5.82 Å². The van der Waals surface area contributed by atoms with Gasteiger partial charge in [0.25, 0.3) is 0 Å². The molecule has 1 aromatic rings. The molecule has 0 amide bonds. The minimum absolute atomic E-state index is 0.318. The summed E-state index contributed by atoms with van der Waals surface area (Å²) in [5.74, 6) is 1.01. The van der Waals surface area contributed by atoms with Crippen molar-refractivity contribution in [3.8, 4) is 0 Å². The van der Waals surface area contributed by atoms with E-state index in [1.165, 1.54) is 0 Å². The van der Waals surface area contributed by atoms with Gasteiger partial charge in [0.15, 0.2) is 0 Å². The van der Waals surface area contributed by atoms with Crippen molar-refractivity contribution in [1.29, 1.82) is 0 Å². The molecule has 1 aliphatic heterocycles. The van der Waals surface area contributed by atoms with Crippen LogP contribution in [0.25, 0.3) is 0 Å². The normalized spacial score (nSPS) is 19.9. The van der Waals surface area contributed by atoms with Gasteiger partial charge in [-0.2, -0.15) is 0 Å². The average molecular weight is 290 g/mol. The monoisotopic (exact) mass is 290 g/mol. The molecule has 1 saturated heterocycles. The fourth-order valence-corrected chi connectivity index (χ4v) is 2.49. The first-order valence-electron chi connectivity index (χ1n) is 7.79. The molecule has 2 heterocycles. The van der Waals surface area contributed by atoms with E-state index < -0.39 is 0 Å². The predicted molar refractivity (Wildman–Crippen MR) is 88.3 cm³/mol. The van der Waals surface area contributed by atoms with Crippen LogP contribution in [0.5, 0.6) is 0 Å². The quantitative estimate of drug-likeness (QED) is 0.798. The number of pyridine rings is 1. The predicted octanol–water partition coefficient (Wildman–Crippen LogP) is 2.54. The molecule has 0 unspecified atom stereocenters. The van der Waals surface area contributed by atoms with Crippen LogP contribution in [-0.4, -0.2) is 36.4 Å². The molecule has 1 aliphatic rings. The van der Waals surface area contributed by atoms with Crippen LogP contribution < -0.4 is 10.4 Å². The zero-order valence-corrected chi connectivity index (χ0v) is 14.4. The number of hydrogen-bond donors (Lipinski definition) is 0. The minimum atomic E-state index is -0.340. The second kappa shape index (κ2) is 5.62. The molecule has 0 radical (unpaired) electrons. The molecule has 0 N–H and O–H groups in total. The maximum atomic E-state index is 6.11. The lowest BCUT2D eigenvalue weighted by molar-refractivity contribution is 0.00578. The molecule has 1 fully saturated rings. The van der Waals surface area contributed by atoms with E-state index in [0.29, 0.717) is 0 Å². The minimum Gasteiger partial charge on any atom is -0.399 e. The number of nitrogens with zero attached hydrogens (tertiary/aromatic N) is 2. The van der Waals surface area contributed by atoms with E-state index in [9.17, 15) is 0 Å². The summed E-state index contributed by atoms with van der Waals surface area (Å²) in [7, 11) is -0.340. The number of aryl methyl sites for hydroxylation is 1. The van der Waals surface area contributed by atoms with Gasteiger partial charge >= 0.3 is 7.12 Å². The van der Waals surface area contributed by atoms with Crippen molar-refractivity contribution in [1.82, 2.24) is 4.98 Å². The van der Waals surface area contributed by atoms with E-state index in [-0.39, 0.29) is 18.3 Å². The number of rotatable bonds is 4. The number of anilines is 1. The van der Waals surface area contributed by atoms with Crippen LogP contribution in [-0.2, 0) is 9.31 Å². The summed E-state index contributed by atoms with van der Waals surface area (Å²) in [5.41, 5.74) is 1.54. The molecule has 0 aliphatic carbocycles. The summed E-state index contributed by atoms with van der Waals surface area (Å²) in [6.07, 6.45) is 1.89. The van der Waals surface area contributed by atoms with E-state index in [2.05, 4.69) is 64.4 Å². The van der Waals surface area contributed by atoms with Crippen LogP contribution in [0.2, 0.25) is 0 Å². The zero-order chi connectivity index (χ0) is 15.8. The van der Waals surface area contributed by atoms with Crippen molar-refractivity contribution in [3.63, 3.8) is 0 Å². The van der Waals surface area contributed by atoms with E-state index in [0.717, 1.165) is 29.9 Å². The Kier molecular flexibility index (Phi) is 4.36. The zero-order valence-electron chi connectivity index (χ0n) is 14.4. The summed E-state index contributed by atoms with van der Waals surface area (Å²) in [6.45, 7) is 16.6. The van der Waals surface area contributed by atoms with Gasteiger partial charge in [-0.15, -0.1) is 0 Å². The maximum Gasteiger partial charge on any atom is 0.496 e. The van der Waals surface area contributed by atoms with E-state index in [1.807, 2.05) is 6.20 Å². The fraction of sp³-hybridized carbons (Fsp3) is 0.688. The molecule has 4 nitrogen and oxygen atoms in total. The highest BCUT2D eigenvalue weighted by Gasteiger charge is 2.52. The molecular weight excluding hydrogens is 263 g/mol. The Morgan fingerprint density at radius 3 is 2.05 bits per heavy atom. The first-order chi connectivity index (χ1) is 9.71. The standard InChI is InChI=1S/C16H27BN2O2/c1-8-19(9-2)14-10-12(3)13(11-18-14)17-20-15(4,5)16(6,7)21-17/h10-11H,8-9H2,1-7H3. The van der Waals surface area contributed by atoms with E-state index in [1.54, 1.807) is 0 Å². The Labute approximate surface area is 129 Å². The second-order valence-corrected chi connectivity index (χ2v) is 6.66. The molecule has 0 atom stereocenters. The first-order valence-corrected chi connectivity index (χ1v) is 7.79. The summed E-state index contributed by atoms with van der Waals surface area (Å²) >= 11 is 0. The largest absolute Gasteiger partial charge is 0.496 e. The maximum absolute atomic E-state index is 6.11. The summed E-state index contributed by atoms with van der Waals surface area (Å²) in [5, 5.41) is 0. The molecule has 0 aromatic carbocycles. The molecule has 21 heavy (non-hydrogen) atoms. The lowest BCUT2D eigenvalue weighted by Gasteiger charge is -2.32. The smallest absolute Gasteiger partial charge is 0.399 e. The molecule has 1 aromatic heterocycles. The van der Waals surface area contributed by atoms with Gasteiger partial charge < -0.3 is 14.2 Å². The Morgan fingerprint density at radius 2 is 1.62 bits per heavy atom. The van der Waals surface area contributed by atoms with Crippen molar-refractivity contribution >= 4 is 18.4 Å². The molecule has 0 bridgehead atoms. The topological polar surface area (TPSA) is 34.6 Å². The van der Waals surface area contributed by atoms with Crippen molar-refractivity contribution in [2.75, 3.05) is 18.0 Å². The third-order valence-corrected chi connectivity index (χ3v) is 4.73. The third-order valence-electron chi connectivity index (χ3n) is 4.73. The summed E-state index contributed by atoms with van der Waals surface area (Å²) in [4.78, 5) is 6.82. The Bertz CT molecular complexity index is 497. The van der Waals surface area contributed by atoms with Gasteiger partial charge in [0.2, 0.25) is 0 Å². The Hall–Kier alpha value is -1.07. The molecule has 5 heteroatoms. The Morgan fingerprint density at radius 1 is 1.10 bits per heavy atom. The molecular formula is C16H27BN2O2.